The first-order valence-corrected chi connectivity index (χ1v) is 8.32. The number of methoxy groups -OCH3 is 1. The minimum absolute atomic E-state index is 0.0218. The molecule has 112 valence electrons. The van der Waals surface area contributed by atoms with Crippen LogP contribution in [0.5, 0.6) is 5.75 Å². The summed E-state index contributed by atoms with van der Waals surface area (Å²) in [6.07, 6.45) is 0.643. The summed E-state index contributed by atoms with van der Waals surface area (Å²) in [5, 5.41) is 0. The van der Waals surface area contributed by atoms with E-state index in [-0.39, 0.29) is 17.6 Å². The molecular weight excluding hydrogens is 353 g/mol. The maximum atomic E-state index is 13.6. The predicted molar refractivity (Wildman–Crippen MR) is 89.5 cm³/mol. The third-order valence-electron chi connectivity index (χ3n) is 2.99. The summed E-state index contributed by atoms with van der Waals surface area (Å²) in [7, 11) is 1.46. The molecule has 0 bridgehead atoms. The van der Waals surface area contributed by atoms with E-state index in [0.717, 1.165) is 15.8 Å². The Labute approximate surface area is 137 Å². The SMILES string of the molecule is COc1ccc(CC(N)CSc2ccc(Br)cc2)cc1F. The van der Waals surface area contributed by atoms with Gasteiger partial charge in [-0.1, -0.05) is 22.0 Å². The van der Waals surface area contributed by atoms with E-state index in [4.69, 9.17) is 10.5 Å². The van der Waals surface area contributed by atoms with Gasteiger partial charge in [-0.3, -0.25) is 0 Å². The molecule has 1 unspecified atom stereocenters. The Balaban J connectivity index is 1.88. The van der Waals surface area contributed by atoms with Crippen LogP contribution in [0, 0.1) is 5.82 Å². The lowest BCUT2D eigenvalue weighted by atomic mass is 10.1. The van der Waals surface area contributed by atoms with Crippen molar-refractivity contribution in [1.82, 2.24) is 0 Å². The predicted octanol–water partition coefficient (Wildman–Crippen LogP) is 4.26. The van der Waals surface area contributed by atoms with Crippen molar-refractivity contribution in [3.8, 4) is 5.75 Å². The van der Waals surface area contributed by atoms with Crippen LogP contribution in [0.4, 0.5) is 4.39 Å². The van der Waals surface area contributed by atoms with Gasteiger partial charge in [0.05, 0.1) is 7.11 Å². The standard InChI is InChI=1S/C16H17BrFNOS/c1-20-16-7-2-11(9-15(16)18)8-13(19)10-21-14-5-3-12(17)4-6-14/h2-7,9,13H,8,10,19H2,1H3. The number of thioether (sulfide) groups is 1. The van der Waals surface area contributed by atoms with Gasteiger partial charge in [-0.15, -0.1) is 11.8 Å². The molecule has 0 amide bonds. The monoisotopic (exact) mass is 369 g/mol. The Morgan fingerprint density at radius 1 is 1.24 bits per heavy atom. The minimum Gasteiger partial charge on any atom is -0.494 e. The highest BCUT2D eigenvalue weighted by Gasteiger charge is 2.08. The van der Waals surface area contributed by atoms with Gasteiger partial charge < -0.3 is 10.5 Å². The maximum Gasteiger partial charge on any atom is 0.165 e. The Morgan fingerprint density at radius 2 is 1.95 bits per heavy atom. The van der Waals surface area contributed by atoms with Crippen molar-refractivity contribution in [2.45, 2.75) is 17.4 Å². The molecule has 0 heterocycles. The Kier molecular flexibility index (Phi) is 6.08. The normalized spacial score (nSPS) is 12.2. The minimum atomic E-state index is -0.345. The lowest BCUT2D eigenvalue weighted by Crippen LogP contribution is -2.25. The maximum absolute atomic E-state index is 13.6. The summed E-state index contributed by atoms with van der Waals surface area (Å²) in [6.45, 7) is 0. The molecule has 0 saturated carbocycles. The molecule has 2 nitrogen and oxygen atoms in total. The van der Waals surface area contributed by atoms with Crippen molar-refractivity contribution in [2.24, 2.45) is 5.73 Å². The van der Waals surface area contributed by atoms with Gasteiger partial charge >= 0.3 is 0 Å². The number of ether oxygens (including phenoxy) is 1. The van der Waals surface area contributed by atoms with Gasteiger partial charge in [0, 0.05) is 21.2 Å². The number of nitrogens with two attached hydrogens (primary N) is 1. The Hall–Kier alpha value is -1.04. The second kappa shape index (κ2) is 7.82. The van der Waals surface area contributed by atoms with E-state index in [1.54, 1.807) is 17.8 Å². The lowest BCUT2D eigenvalue weighted by Gasteiger charge is -2.12. The summed E-state index contributed by atoms with van der Waals surface area (Å²) >= 11 is 5.11. The summed E-state index contributed by atoms with van der Waals surface area (Å²) in [5.74, 6) is 0.703. The van der Waals surface area contributed by atoms with Gasteiger partial charge in [0.2, 0.25) is 0 Å². The highest BCUT2D eigenvalue weighted by atomic mass is 79.9. The van der Waals surface area contributed by atoms with Gasteiger partial charge in [0.15, 0.2) is 11.6 Å². The molecule has 2 rings (SSSR count). The van der Waals surface area contributed by atoms with Crippen LogP contribution in [-0.2, 0) is 6.42 Å². The Bertz CT molecular complexity index is 591. The number of benzene rings is 2. The van der Waals surface area contributed by atoms with Gasteiger partial charge in [0.1, 0.15) is 0 Å². The first kappa shape index (κ1) is 16.3. The fourth-order valence-corrected chi connectivity index (χ4v) is 3.05. The first-order chi connectivity index (χ1) is 10.1. The molecule has 0 saturated heterocycles. The zero-order chi connectivity index (χ0) is 15.2. The molecule has 0 fully saturated rings. The molecular formula is C16H17BrFNOS. The van der Waals surface area contributed by atoms with Crippen molar-refractivity contribution in [2.75, 3.05) is 12.9 Å². The molecule has 0 aromatic heterocycles. The third kappa shape index (κ3) is 5.02. The second-order valence-electron chi connectivity index (χ2n) is 4.70. The van der Waals surface area contributed by atoms with Crippen LogP contribution in [0.3, 0.4) is 0 Å². The Morgan fingerprint density at radius 3 is 2.57 bits per heavy atom. The number of halogens is 2. The average Bonchev–Trinajstić information content (AvgIpc) is 2.47. The van der Waals surface area contributed by atoms with Crippen molar-refractivity contribution in [3.05, 3.63) is 58.3 Å². The van der Waals surface area contributed by atoms with E-state index in [2.05, 4.69) is 28.1 Å². The smallest absolute Gasteiger partial charge is 0.165 e. The van der Waals surface area contributed by atoms with Crippen molar-refractivity contribution in [1.29, 1.82) is 0 Å². The van der Waals surface area contributed by atoms with E-state index in [0.29, 0.717) is 6.42 Å². The van der Waals surface area contributed by atoms with E-state index in [9.17, 15) is 4.39 Å². The molecule has 0 aliphatic rings. The summed E-state index contributed by atoms with van der Waals surface area (Å²) in [5.41, 5.74) is 7.01. The van der Waals surface area contributed by atoms with Crippen LogP contribution in [0.2, 0.25) is 0 Å². The van der Waals surface area contributed by atoms with Crippen molar-refractivity contribution < 1.29 is 9.13 Å². The molecule has 0 aliphatic heterocycles. The molecule has 1 atom stereocenters. The van der Waals surface area contributed by atoms with Crippen molar-refractivity contribution >= 4 is 27.7 Å². The van der Waals surface area contributed by atoms with Crippen LogP contribution >= 0.6 is 27.7 Å². The van der Waals surface area contributed by atoms with Gasteiger partial charge in [0.25, 0.3) is 0 Å². The van der Waals surface area contributed by atoms with E-state index < -0.39 is 0 Å². The van der Waals surface area contributed by atoms with Crippen LogP contribution in [0.25, 0.3) is 0 Å². The molecule has 0 aliphatic carbocycles. The fraction of sp³-hybridized carbons (Fsp3) is 0.250. The topological polar surface area (TPSA) is 35.2 Å². The molecule has 0 radical (unpaired) electrons. The molecule has 2 aromatic rings. The number of rotatable bonds is 6. The lowest BCUT2D eigenvalue weighted by molar-refractivity contribution is 0.386. The van der Waals surface area contributed by atoms with Crippen LogP contribution in [-0.4, -0.2) is 18.9 Å². The summed E-state index contributed by atoms with van der Waals surface area (Å²) in [6, 6.07) is 13.1. The summed E-state index contributed by atoms with van der Waals surface area (Å²) in [4.78, 5) is 1.18. The van der Waals surface area contributed by atoms with E-state index in [1.165, 1.54) is 18.1 Å². The van der Waals surface area contributed by atoms with Gasteiger partial charge in [-0.25, -0.2) is 4.39 Å². The second-order valence-corrected chi connectivity index (χ2v) is 6.71. The largest absolute Gasteiger partial charge is 0.494 e. The first-order valence-electron chi connectivity index (χ1n) is 6.55. The van der Waals surface area contributed by atoms with Gasteiger partial charge in [-0.2, -0.15) is 0 Å². The molecule has 0 spiro atoms. The fourth-order valence-electron chi connectivity index (χ4n) is 1.93. The molecule has 21 heavy (non-hydrogen) atoms. The quantitative estimate of drug-likeness (QED) is 0.772. The zero-order valence-corrected chi connectivity index (χ0v) is 14.1. The van der Waals surface area contributed by atoms with Crippen LogP contribution < -0.4 is 10.5 Å². The highest BCUT2D eigenvalue weighted by molar-refractivity contribution is 9.10. The highest BCUT2D eigenvalue weighted by Crippen LogP contribution is 2.22. The molecule has 2 N–H and O–H groups in total. The van der Waals surface area contributed by atoms with E-state index in [1.807, 2.05) is 18.2 Å². The third-order valence-corrected chi connectivity index (χ3v) is 4.72. The van der Waals surface area contributed by atoms with Crippen molar-refractivity contribution in [3.63, 3.8) is 0 Å². The molecule has 5 heteroatoms. The van der Waals surface area contributed by atoms with Crippen LogP contribution in [0.1, 0.15) is 5.56 Å². The van der Waals surface area contributed by atoms with Gasteiger partial charge in [-0.05, 0) is 48.4 Å². The number of hydrogen-bond donors (Lipinski definition) is 1. The van der Waals surface area contributed by atoms with Crippen LogP contribution in [0.15, 0.2) is 51.8 Å². The average molecular weight is 370 g/mol. The zero-order valence-electron chi connectivity index (χ0n) is 11.7. The van der Waals surface area contributed by atoms with E-state index >= 15 is 0 Å². The molecule has 2 aromatic carbocycles. The summed E-state index contributed by atoms with van der Waals surface area (Å²) < 4.78 is 19.6. The number of hydrogen-bond acceptors (Lipinski definition) is 3.